The Kier molecular flexibility index (Phi) is 4.06. The molecule has 6 heteroatoms. The van der Waals surface area contributed by atoms with Gasteiger partial charge in [-0.25, -0.2) is 17.2 Å². The Hall–Kier alpha value is -0.230. The van der Waals surface area contributed by atoms with Gasteiger partial charge in [0.2, 0.25) is 0 Å². The van der Waals surface area contributed by atoms with Gasteiger partial charge < -0.3 is 5.32 Å². The van der Waals surface area contributed by atoms with Crippen molar-refractivity contribution in [2.75, 3.05) is 18.1 Å². The fourth-order valence-electron chi connectivity index (χ4n) is 1.75. The van der Waals surface area contributed by atoms with Crippen molar-refractivity contribution in [1.82, 2.24) is 5.32 Å². The molecule has 0 bridgehead atoms. The van der Waals surface area contributed by atoms with E-state index < -0.39 is 21.8 Å². The van der Waals surface area contributed by atoms with Crippen LogP contribution in [0.25, 0.3) is 0 Å². The van der Waals surface area contributed by atoms with Crippen molar-refractivity contribution in [2.24, 2.45) is 0 Å². The van der Waals surface area contributed by atoms with Crippen LogP contribution in [0.15, 0.2) is 0 Å². The van der Waals surface area contributed by atoms with Crippen LogP contribution >= 0.6 is 0 Å². The van der Waals surface area contributed by atoms with E-state index in [1.54, 1.807) is 0 Å². The lowest BCUT2D eigenvalue weighted by Gasteiger charge is -2.37. The molecule has 1 heterocycles. The van der Waals surface area contributed by atoms with Gasteiger partial charge in [0.05, 0.1) is 17.0 Å². The second-order valence-corrected chi connectivity index (χ2v) is 6.34. The average molecular weight is 241 g/mol. The topological polar surface area (TPSA) is 46.2 Å². The monoisotopic (exact) mass is 241 g/mol. The quantitative estimate of drug-likeness (QED) is 0.804. The van der Waals surface area contributed by atoms with Crippen LogP contribution in [0.1, 0.15) is 26.2 Å². The molecule has 3 nitrogen and oxygen atoms in total. The number of nitrogens with one attached hydrogen (secondary N) is 1. The predicted octanol–water partition coefficient (Wildman–Crippen LogP) is 1.20. The number of hydrogen-bond acceptors (Lipinski definition) is 3. The smallest absolute Gasteiger partial charge is 0.256 e. The highest BCUT2D eigenvalue weighted by molar-refractivity contribution is 7.91. The summed E-state index contributed by atoms with van der Waals surface area (Å²) in [6.07, 6.45) is -1.69. The molecule has 0 amide bonds. The molecule has 1 fully saturated rings. The van der Waals surface area contributed by atoms with Crippen molar-refractivity contribution in [1.29, 1.82) is 0 Å². The second kappa shape index (κ2) is 4.74. The van der Waals surface area contributed by atoms with Gasteiger partial charge in [-0.3, -0.25) is 0 Å². The standard InChI is InChI=1S/C9H17F2NO2S/c1-2-5-12-9(8(10)11)3-6-15(13,14)7-4-9/h8,12H,2-7H2,1H3. The molecule has 90 valence electrons. The first kappa shape index (κ1) is 12.8. The van der Waals surface area contributed by atoms with E-state index in [-0.39, 0.29) is 24.3 Å². The minimum atomic E-state index is -3.09. The van der Waals surface area contributed by atoms with Crippen molar-refractivity contribution < 1.29 is 17.2 Å². The summed E-state index contributed by atoms with van der Waals surface area (Å²) < 4.78 is 48.1. The van der Waals surface area contributed by atoms with Crippen LogP contribution in [0.4, 0.5) is 8.78 Å². The molecule has 15 heavy (non-hydrogen) atoms. The zero-order valence-corrected chi connectivity index (χ0v) is 9.62. The van der Waals surface area contributed by atoms with Gasteiger partial charge in [0, 0.05) is 0 Å². The van der Waals surface area contributed by atoms with Gasteiger partial charge in [0.25, 0.3) is 6.43 Å². The Morgan fingerprint density at radius 3 is 2.27 bits per heavy atom. The molecule has 0 spiro atoms. The maximum Gasteiger partial charge on any atom is 0.256 e. The summed E-state index contributed by atoms with van der Waals surface area (Å²) >= 11 is 0. The van der Waals surface area contributed by atoms with Gasteiger partial charge in [-0.2, -0.15) is 0 Å². The molecule has 0 saturated carbocycles. The van der Waals surface area contributed by atoms with Crippen molar-refractivity contribution in [2.45, 2.75) is 38.2 Å². The van der Waals surface area contributed by atoms with Gasteiger partial charge in [-0.1, -0.05) is 6.92 Å². The van der Waals surface area contributed by atoms with Gasteiger partial charge >= 0.3 is 0 Å². The molecule has 0 radical (unpaired) electrons. The first-order chi connectivity index (χ1) is 6.92. The maximum atomic E-state index is 12.9. The SMILES string of the molecule is CCCNC1(C(F)F)CCS(=O)(=O)CC1. The molecular formula is C9H17F2NO2S. The Morgan fingerprint density at radius 1 is 1.33 bits per heavy atom. The Morgan fingerprint density at radius 2 is 1.87 bits per heavy atom. The van der Waals surface area contributed by atoms with Gasteiger partial charge in [-0.15, -0.1) is 0 Å². The normalized spacial score (nSPS) is 24.3. The summed E-state index contributed by atoms with van der Waals surface area (Å²) in [6, 6.07) is 0. The zero-order chi connectivity index (χ0) is 11.5. The van der Waals surface area contributed by atoms with Gasteiger partial charge in [0.15, 0.2) is 0 Å². The van der Waals surface area contributed by atoms with Crippen LogP contribution in [0.5, 0.6) is 0 Å². The van der Waals surface area contributed by atoms with Crippen molar-refractivity contribution in [3.05, 3.63) is 0 Å². The lowest BCUT2D eigenvalue weighted by atomic mass is 9.92. The van der Waals surface area contributed by atoms with E-state index in [1.807, 2.05) is 6.92 Å². The first-order valence-electron chi connectivity index (χ1n) is 5.15. The van der Waals surface area contributed by atoms with Crippen LogP contribution in [0.2, 0.25) is 0 Å². The largest absolute Gasteiger partial charge is 0.306 e. The minimum Gasteiger partial charge on any atom is -0.306 e. The number of rotatable bonds is 4. The second-order valence-electron chi connectivity index (χ2n) is 4.04. The van der Waals surface area contributed by atoms with Crippen LogP contribution < -0.4 is 5.32 Å². The average Bonchev–Trinajstić information content (AvgIpc) is 2.16. The number of alkyl halides is 2. The van der Waals surface area contributed by atoms with Crippen molar-refractivity contribution in [3.63, 3.8) is 0 Å². The lowest BCUT2D eigenvalue weighted by molar-refractivity contribution is 0.0234. The van der Waals surface area contributed by atoms with Crippen LogP contribution in [0, 0.1) is 0 Å². The summed E-state index contributed by atoms with van der Waals surface area (Å²) in [7, 11) is -3.09. The maximum absolute atomic E-state index is 12.9. The van der Waals surface area contributed by atoms with E-state index in [1.165, 1.54) is 0 Å². The first-order valence-corrected chi connectivity index (χ1v) is 6.97. The van der Waals surface area contributed by atoms with Gasteiger partial charge in [0.1, 0.15) is 9.84 Å². The summed E-state index contributed by atoms with van der Waals surface area (Å²) in [4.78, 5) is 0. The molecule has 0 aromatic heterocycles. The summed E-state index contributed by atoms with van der Waals surface area (Å²) in [5.74, 6) is -0.262. The zero-order valence-electron chi connectivity index (χ0n) is 8.80. The molecule has 0 aliphatic carbocycles. The molecule has 1 aliphatic heterocycles. The Bertz CT molecular complexity index is 289. The van der Waals surface area contributed by atoms with E-state index in [0.29, 0.717) is 6.54 Å². The molecular weight excluding hydrogens is 224 g/mol. The highest BCUT2D eigenvalue weighted by atomic mass is 32.2. The van der Waals surface area contributed by atoms with E-state index in [0.717, 1.165) is 6.42 Å². The lowest BCUT2D eigenvalue weighted by Crippen LogP contribution is -2.56. The fourth-order valence-corrected chi connectivity index (χ4v) is 3.30. The molecule has 0 aromatic rings. The third-order valence-corrected chi connectivity index (χ3v) is 4.52. The number of halogens is 2. The molecule has 1 rings (SSSR count). The predicted molar refractivity (Wildman–Crippen MR) is 54.9 cm³/mol. The molecule has 1 N–H and O–H groups in total. The van der Waals surface area contributed by atoms with E-state index >= 15 is 0 Å². The Labute approximate surface area is 89.2 Å². The van der Waals surface area contributed by atoms with Crippen LogP contribution in [-0.2, 0) is 9.84 Å². The number of sulfone groups is 1. The summed E-state index contributed by atoms with van der Waals surface area (Å²) in [5.41, 5.74) is -1.28. The Balaban J connectivity index is 2.69. The van der Waals surface area contributed by atoms with E-state index in [9.17, 15) is 17.2 Å². The molecule has 1 aliphatic rings. The molecule has 0 aromatic carbocycles. The third kappa shape index (κ3) is 3.11. The van der Waals surface area contributed by atoms with Crippen molar-refractivity contribution >= 4 is 9.84 Å². The molecule has 1 saturated heterocycles. The molecule has 0 atom stereocenters. The highest BCUT2D eigenvalue weighted by Crippen LogP contribution is 2.29. The van der Waals surface area contributed by atoms with E-state index in [2.05, 4.69) is 5.32 Å². The van der Waals surface area contributed by atoms with Gasteiger partial charge in [-0.05, 0) is 25.8 Å². The van der Waals surface area contributed by atoms with Crippen LogP contribution in [-0.4, -0.2) is 38.4 Å². The summed E-state index contributed by atoms with van der Waals surface area (Å²) in [5, 5.41) is 2.81. The fraction of sp³-hybridized carbons (Fsp3) is 1.00. The minimum absolute atomic E-state index is 0.0208. The number of hydrogen-bond donors (Lipinski definition) is 1. The van der Waals surface area contributed by atoms with Crippen molar-refractivity contribution in [3.8, 4) is 0 Å². The molecule has 0 unspecified atom stereocenters. The summed E-state index contributed by atoms with van der Waals surface area (Å²) in [6.45, 7) is 2.40. The highest BCUT2D eigenvalue weighted by Gasteiger charge is 2.43. The van der Waals surface area contributed by atoms with Crippen LogP contribution in [0.3, 0.4) is 0 Å². The van der Waals surface area contributed by atoms with E-state index in [4.69, 9.17) is 0 Å². The third-order valence-electron chi connectivity index (χ3n) is 2.86.